The van der Waals surface area contributed by atoms with Gasteiger partial charge in [-0.05, 0) is 39.4 Å². The zero-order chi connectivity index (χ0) is 13.6. The fourth-order valence-electron chi connectivity index (χ4n) is 1.61. The van der Waals surface area contributed by atoms with Crippen molar-refractivity contribution in [1.82, 2.24) is 4.90 Å². The Bertz CT molecular complexity index is 352. The van der Waals surface area contributed by atoms with E-state index in [1.165, 1.54) is 0 Å². The first-order valence-electron chi connectivity index (χ1n) is 6.37. The minimum Gasteiger partial charge on any atom is -0.468 e. The van der Waals surface area contributed by atoms with E-state index in [9.17, 15) is 4.79 Å². The Morgan fingerprint density at radius 3 is 2.67 bits per heavy atom. The molecule has 0 atom stereocenters. The molecule has 0 radical (unpaired) electrons. The normalized spacial score (nSPS) is 11.8. The lowest BCUT2D eigenvalue weighted by atomic mass is 10.2. The maximum Gasteiger partial charge on any atom is 0.307 e. The van der Waals surface area contributed by atoms with Gasteiger partial charge >= 0.3 is 5.97 Å². The topological polar surface area (TPSA) is 42.7 Å². The van der Waals surface area contributed by atoms with E-state index < -0.39 is 5.60 Å². The van der Waals surface area contributed by atoms with E-state index in [2.05, 4.69) is 11.8 Å². The molecular formula is C14H23NO3. The van der Waals surface area contributed by atoms with E-state index >= 15 is 0 Å². The highest BCUT2D eigenvalue weighted by Gasteiger charge is 2.17. The van der Waals surface area contributed by atoms with Gasteiger partial charge in [-0.25, -0.2) is 0 Å². The number of rotatable bonds is 6. The minimum absolute atomic E-state index is 0.152. The van der Waals surface area contributed by atoms with Gasteiger partial charge in [-0.1, -0.05) is 6.92 Å². The van der Waals surface area contributed by atoms with Crippen molar-refractivity contribution in [1.29, 1.82) is 0 Å². The second kappa shape index (κ2) is 6.59. The summed E-state index contributed by atoms with van der Waals surface area (Å²) in [5, 5.41) is 0. The van der Waals surface area contributed by atoms with Crippen LogP contribution < -0.4 is 0 Å². The lowest BCUT2D eigenvalue weighted by molar-refractivity contribution is -0.155. The number of ether oxygens (including phenoxy) is 1. The zero-order valence-electron chi connectivity index (χ0n) is 11.7. The van der Waals surface area contributed by atoms with Gasteiger partial charge in [0.15, 0.2) is 0 Å². The molecule has 0 aliphatic carbocycles. The molecule has 0 bridgehead atoms. The molecule has 102 valence electrons. The molecule has 1 rings (SSSR count). The summed E-state index contributed by atoms with van der Waals surface area (Å²) in [4.78, 5) is 13.8. The lowest BCUT2D eigenvalue weighted by Crippen LogP contribution is -2.29. The molecule has 0 aliphatic rings. The maximum absolute atomic E-state index is 11.6. The van der Waals surface area contributed by atoms with E-state index in [1.807, 2.05) is 32.9 Å². The van der Waals surface area contributed by atoms with Gasteiger partial charge in [-0.3, -0.25) is 9.69 Å². The van der Waals surface area contributed by atoms with Crippen LogP contribution in [0.3, 0.4) is 0 Å². The molecular weight excluding hydrogens is 230 g/mol. The predicted molar refractivity (Wildman–Crippen MR) is 70.1 cm³/mol. The van der Waals surface area contributed by atoms with Gasteiger partial charge in [-0.15, -0.1) is 0 Å². The maximum atomic E-state index is 11.6. The van der Waals surface area contributed by atoms with E-state index in [4.69, 9.17) is 9.15 Å². The van der Waals surface area contributed by atoms with Crippen LogP contribution in [0.2, 0.25) is 0 Å². The molecule has 1 heterocycles. The zero-order valence-corrected chi connectivity index (χ0v) is 11.7. The Labute approximate surface area is 109 Å². The third-order valence-corrected chi connectivity index (χ3v) is 2.46. The molecule has 0 amide bonds. The van der Waals surface area contributed by atoms with Crippen molar-refractivity contribution in [2.45, 2.75) is 46.3 Å². The van der Waals surface area contributed by atoms with Crippen LogP contribution in [0.15, 0.2) is 22.8 Å². The van der Waals surface area contributed by atoms with Crippen LogP contribution in [-0.4, -0.2) is 29.6 Å². The number of hydrogen-bond donors (Lipinski definition) is 0. The summed E-state index contributed by atoms with van der Waals surface area (Å²) < 4.78 is 10.6. The highest BCUT2D eigenvalue weighted by Crippen LogP contribution is 2.10. The van der Waals surface area contributed by atoms with Crippen LogP contribution in [0, 0.1) is 0 Å². The molecule has 0 spiro atoms. The van der Waals surface area contributed by atoms with Crippen molar-refractivity contribution in [2.24, 2.45) is 0 Å². The van der Waals surface area contributed by atoms with Crippen LogP contribution in [0.1, 0.15) is 39.9 Å². The first-order valence-corrected chi connectivity index (χ1v) is 6.37. The number of carbonyl (C=O) groups excluding carboxylic acids is 1. The third-order valence-electron chi connectivity index (χ3n) is 2.46. The predicted octanol–water partition coefficient (Wildman–Crippen LogP) is 2.83. The molecule has 4 nitrogen and oxygen atoms in total. The summed E-state index contributed by atoms with van der Waals surface area (Å²) >= 11 is 0. The molecule has 18 heavy (non-hydrogen) atoms. The average molecular weight is 253 g/mol. The van der Waals surface area contributed by atoms with Gasteiger partial charge in [0, 0.05) is 6.54 Å². The van der Waals surface area contributed by atoms with E-state index in [0.29, 0.717) is 13.0 Å². The first kappa shape index (κ1) is 14.8. The summed E-state index contributed by atoms with van der Waals surface area (Å²) in [6.07, 6.45) is 2.07. The standard InChI is InChI=1S/C14H23NO3/c1-5-15(11-12-7-6-10-17-12)9-8-13(16)18-14(2,3)4/h6-7,10H,5,8-9,11H2,1-4H3. The molecule has 1 aromatic rings. The number of hydrogen-bond acceptors (Lipinski definition) is 4. The molecule has 4 heteroatoms. The summed E-state index contributed by atoms with van der Waals surface area (Å²) in [6, 6.07) is 3.81. The largest absolute Gasteiger partial charge is 0.468 e. The number of nitrogens with zero attached hydrogens (tertiary/aromatic N) is 1. The molecule has 0 unspecified atom stereocenters. The van der Waals surface area contributed by atoms with Crippen molar-refractivity contribution >= 4 is 5.97 Å². The van der Waals surface area contributed by atoms with Crippen molar-refractivity contribution in [3.05, 3.63) is 24.2 Å². The van der Waals surface area contributed by atoms with Crippen molar-refractivity contribution < 1.29 is 13.9 Å². The summed E-state index contributed by atoms with van der Waals surface area (Å²) in [7, 11) is 0. The lowest BCUT2D eigenvalue weighted by Gasteiger charge is -2.22. The van der Waals surface area contributed by atoms with Gasteiger partial charge in [0.05, 0.1) is 19.2 Å². The minimum atomic E-state index is -0.408. The van der Waals surface area contributed by atoms with E-state index in [0.717, 1.165) is 18.8 Å². The molecule has 0 saturated carbocycles. The van der Waals surface area contributed by atoms with Crippen LogP contribution >= 0.6 is 0 Å². The Balaban J connectivity index is 2.33. The highest BCUT2D eigenvalue weighted by atomic mass is 16.6. The molecule has 1 aromatic heterocycles. The third kappa shape index (κ3) is 5.87. The first-order chi connectivity index (χ1) is 8.40. The SMILES string of the molecule is CCN(CCC(=O)OC(C)(C)C)Cc1ccco1. The quantitative estimate of drug-likeness (QED) is 0.731. The number of furan rings is 1. The Hall–Kier alpha value is -1.29. The number of carbonyl (C=O) groups is 1. The molecule has 0 saturated heterocycles. The Kier molecular flexibility index (Phi) is 5.41. The monoisotopic (exact) mass is 253 g/mol. The van der Waals surface area contributed by atoms with E-state index in [-0.39, 0.29) is 5.97 Å². The number of esters is 1. The van der Waals surface area contributed by atoms with Gasteiger partial charge in [0.1, 0.15) is 11.4 Å². The summed E-state index contributed by atoms with van der Waals surface area (Å²) in [5.41, 5.74) is -0.408. The molecule has 0 aliphatic heterocycles. The van der Waals surface area contributed by atoms with Crippen molar-refractivity contribution in [3.63, 3.8) is 0 Å². The van der Waals surface area contributed by atoms with Gasteiger partial charge < -0.3 is 9.15 Å². The molecule has 0 fully saturated rings. The Morgan fingerprint density at radius 1 is 1.44 bits per heavy atom. The summed E-state index contributed by atoms with van der Waals surface area (Å²) in [5.74, 6) is 0.765. The fourth-order valence-corrected chi connectivity index (χ4v) is 1.61. The fraction of sp³-hybridized carbons (Fsp3) is 0.643. The van der Waals surface area contributed by atoms with Crippen LogP contribution in [0.25, 0.3) is 0 Å². The van der Waals surface area contributed by atoms with Gasteiger partial charge in [0.25, 0.3) is 0 Å². The highest BCUT2D eigenvalue weighted by molar-refractivity contribution is 5.70. The summed E-state index contributed by atoms with van der Waals surface area (Å²) in [6.45, 7) is 10.0. The van der Waals surface area contributed by atoms with Crippen molar-refractivity contribution in [2.75, 3.05) is 13.1 Å². The van der Waals surface area contributed by atoms with Gasteiger partial charge in [-0.2, -0.15) is 0 Å². The second-order valence-corrected chi connectivity index (χ2v) is 5.28. The van der Waals surface area contributed by atoms with Crippen LogP contribution in [0.5, 0.6) is 0 Å². The van der Waals surface area contributed by atoms with Gasteiger partial charge in [0.2, 0.25) is 0 Å². The second-order valence-electron chi connectivity index (χ2n) is 5.28. The van der Waals surface area contributed by atoms with Crippen LogP contribution in [0.4, 0.5) is 0 Å². The van der Waals surface area contributed by atoms with E-state index in [1.54, 1.807) is 6.26 Å². The Morgan fingerprint density at radius 2 is 2.17 bits per heavy atom. The molecule has 0 aromatic carbocycles. The molecule has 0 N–H and O–H groups in total. The smallest absolute Gasteiger partial charge is 0.307 e. The van der Waals surface area contributed by atoms with Crippen molar-refractivity contribution in [3.8, 4) is 0 Å². The van der Waals surface area contributed by atoms with Crippen LogP contribution in [-0.2, 0) is 16.1 Å². The average Bonchev–Trinajstić information content (AvgIpc) is 2.74.